The first-order valence-corrected chi connectivity index (χ1v) is 27.3. The van der Waals surface area contributed by atoms with Crippen molar-refractivity contribution in [3.8, 4) is 0 Å². The zero-order valence-electron chi connectivity index (χ0n) is 41.8. The monoisotopic (exact) mass is 863 g/mol. The summed E-state index contributed by atoms with van der Waals surface area (Å²) in [7, 11) is 0. The quantitative estimate of drug-likeness (QED) is 0.0344. The maximum absolute atomic E-state index is 12.8. The van der Waals surface area contributed by atoms with Crippen LogP contribution in [0.25, 0.3) is 0 Å². The van der Waals surface area contributed by atoms with Crippen LogP contribution in [0, 0.1) is 11.8 Å². The topological polar surface area (TPSA) is 78.9 Å². The third-order valence-corrected chi connectivity index (χ3v) is 12.8. The molecule has 0 rings (SSSR count). The summed E-state index contributed by atoms with van der Waals surface area (Å²) in [6.45, 7) is 11.4. The fraction of sp³-hybridized carbons (Fsp3) is 0.945. The first kappa shape index (κ1) is 59.4. The normalized spacial score (nSPS) is 12.5. The van der Waals surface area contributed by atoms with Crippen molar-refractivity contribution in [2.75, 3.05) is 13.2 Å². The van der Waals surface area contributed by atoms with Gasteiger partial charge >= 0.3 is 17.9 Å². The highest BCUT2D eigenvalue weighted by Gasteiger charge is 2.19. The van der Waals surface area contributed by atoms with E-state index in [0.29, 0.717) is 19.3 Å². The third-order valence-electron chi connectivity index (χ3n) is 12.8. The first-order valence-electron chi connectivity index (χ1n) is 27.3. The van der Waals surface area contributed by atoms with E-state index in [-0.39, 0.29) is 31.1 Å². The summed E-state index contributed by atoms with van der Waals surface area (Å²) >= 11 is 0. The lowest BCUT2D eigenvalue weighted by Crippen LogP contribution is -2.30. The van der Waals surface area contributed by atoms with Gasteiger partial charge in [0.2, 0.25) is 0 Å². The first-order chi connectivity index (χ1) is 29.8. The summed E-state index contributed by atoms with van der Waals surface area (Å²) in [4.78, 5) is 38.0. The van der Waals surface area contributed by atoms with Gasteiger partial charge in [0.05, 0.1) is 0 Å². The van der Waals surface area contributed by atoms with E-state index in [1.807, 2.05) is 0 Å². The average molecular weight is 863 g/mol. The van der Waals surface area contributed by atoms with Crippen molar-refractivity contribution < 1.29 is 28.6 Å². The standard InChI is InChI=1S/C55H106O6/c1-6-8-9-10-11-12-13-14-18-22-25-32-37-42-47-55(58)61-52(49-60-54(57)46-41-36-31-27-26-29-34-39-44-51(5)7-2)48-59-53(56)45-40-35-30-24-21-19-16-15-17-20-23-28-33-38-43-50(3)4/h50-52H,6-49H2,1-5H3/t51?,52-/m0/s1. The summed E-state index contributed by atoms with van der Waals surface area (Å²) in [5.41, 5.74) is 0. The molecular formula is C55H106O6. The van der Waals surface area contributed by atoms with E-state index >= 15 is 0 Å². The van der Waals surface area contributed by atoms with Crippen LogP contribution in [0.15, 0.2) is 0 Å². The molecule has 0 aliphatic rings. The molecule has 0 fully saturated rings. The molecule has 0 aliphatic heterocycles. The fourth-order valence-electron chi connectivity index (χ4n) is 8.31. The molecule has 6 heteroatoms. The summed E-state index contributed by atoms with van der Waals surface area (Å²) in [6.07, 6.45) is 49.4. The summed E-state index contributed by atoms with van der Waals surface area (Å²) in [6, 6.07) is 0. The molecule has 362 valence electrons. The average Bonchev–Trinajstić information content (AvgIpc) is 3.24. The Hall–Kier alpha value is -1.59. The molecule has 6 nitrogen and oxygen atoms in total. The van der Waals surface area contributed by atoms with E-state index in [9.17, 15) is 14.4 Å². The van der Waals surface area contributed by atoms with Crippen LogP contribution in [-0.2, 0) is 28.6 Å². The van der Waals surface area contributed by atoms with Gasteiger partial charge in [-0.15, -0.1) is 0 Å². The molecule has 0 aromatic heterocycles. The molecule has 0 aromatic carbocycles. The Balaban J connectivity index is 4.30. The summed E-state index contributed by atoms with van der Waals surface area (Å²) in [5, 5.41) is 0. The number of carbonyl (C=O) groups is 3. The summed E-state index contributed by atoms with van der Waals surface area (Å²) < 4.78 is 16.8. The number of esters is 3. The molecule has 0 heterocycles. The van der Waals surface area contributed by atoms with E-state index in [1.54, 1.807) is 0 Å². The Morgan fingerprint density at radius 1 is 0.344 bits per heavy atom. The van der Waals surface area contributed by atoms with Gasteiger partial charge < -0.3 is 14.2 Å². The highest BCUT2D eigenvalue weighted by molar-refractivity contribution is 5.71. The molecule has 0 radical (unpaired) electrons. The SMILES string of the molecule is CCCCCCCCCCCCCCCCC(=O)O[C@@H](COC(=O)CCCCCCCCCCCCCCCCC(C)C)COC(=O)CCCCCCCCCCC(C)CC. The van der Waals surface area contributed by atoms with E-state index in [2.05, 4.69) is 34.6 Å². The smallest absolute Gasteiger partial charge is 0.306 e. The van der Waals surface area contributed by atoms with E-state index in [1.165, 1.54) is 193 Å². The predicted octanol–water partition coefficient (Wildman–Crippen LogP) is 17.7. The number of unbranched alkanes of at least 4 members (excludes halogenated alkanes) is 33. The number of ether oxygens (including phenoxy) is 3. The second-order valence-electron chi connectivity index (χ2n) is 19.6. The van der Waals surface area contributed by atoms with Crippen LogP contribution < -0.4 is 0 Å². The van der Waals surface area contributed by atoms with Gasteiger partial charge in [-0.25, -0.2) is 0 Å². The van der Waals surface area contributed by atoms with Gasteiger partial charge in [0, 0.05) is 19.3 Å². The van der Waals surface area contributed by atoms with Crippen LogP contribution in [0.1, 0.15) is 304 Å². The van der Waals surface area contributed by atoms with Gasteiger partial charge in [-0.1, -0.05) is 266 Å². The molecule has 2 atom stereocenters. The van der Waals surface area contributed by atoms with E-state index in [0.717, 1.165) is 69.6 Å². The fourth-order valence-corrected chi connectivity index (χ4v) is 8.31. The van der Waals surface area contributed by atoms with Crippen molar-refractivity contribution in [3.05, 3.63) is 0 Å². The minimum atomic E-state index is -0.762. The highest BCUT2D eigenvalue weighted by Crippen LogP contribution is 2.18. The van der Waals surface area contributed by atoms with E-state index in [4.69, 9.17) is 14.2 Å². The third kappa shape index (κ3) is 47.7. The van der Waals surface area contributed by atoms with Crippen molar-refractivity contribution in [2.24, 2.45) is 11.8 Å². The second kappa shape index (κ2) is 47.9. The van der Waals surface area contributed by atoms with Gasteiger partial charge in [-0.2, -0.15) is 0 Å². The van der Waals surface area contributed by atoms with Crippen LogP contribution in [0.4, 0.5) is 0 Å². The minimum absolute atomic E-state index is 0.0634. The molecule has 0 bridgehead atoms. The van der Waals surface area contributed by atoms with Crippen molar-refractivity contribution >= 4 is 17.9 Å². The lowest BCUT2D eigenvalue weighted by atomic mass is 9.99. The Kier molecular flexibility index (Phi) is 46.6. The Bertz CT molecular complexity index is 933. The lowest BCUT2D eigenvalue weighted by molar-refractivity contribution is -0.167. The highest BCUT2D eigenvalue weighted by atomic mass is 16.6. The number of hydrogen-bond acceptors (Lipinski definition) is 6. The molecule has 0 N–H and O–H groups in total. The Labute approximate surface area is 380 Å². The zero-order chi connectivity index (χ0) is 44.7. The molecular weight excluding hydrogens is 757 g/mol. The van der Waals surface area contributed by atoms with Crippen molar-refractivity contribution in [1.29, 1.82) is 0 Å². The maximum atomic E-state index is 12.8. The van der Waals surface area contributed by atoms with Gasteiger partial charge in [0.25, 0.3) is 0 Å². The Morgan fingerprint density at radius 3 is 0.934 bits per heavy atom. The van der Waals surface area contributed by atoms with E-state index < -0.39 is 6.10 Å². The maximum Gasteiger partial charge on any atom is 0.306 e. The summed E-state index contributed by atoms with van der Waals surface area (Å²) in [5.74, 6) is 0.848. The lowest BCUT2D eigenvalue weighted by Gasteiger charge is -2.18. The molecule has 0 amide bonds. The van der Waals surface area contributed by atoms with Gasteiger partial charge in [0.15, 0.2) is 6.10 Å². The van der Waals surface area contributed by atoms with Crippen LogP contribution in [0.5, 0.6) is 0 Å². The molecule has 0 aliphatic carbocycles. The van der Waals surface area contributed by atoms with Crippen molar-refractivity contribution in [1.82, 2.24) is 0 Å². The van der Waals surface area contributed by atoms with Crippen LogP contribution in [0.3, 0.4) is 0 Å². The predicted molar refractivity (Wildman–Crippen MR) is 261 cm³/mol. The molecule has 0 saturated carbocycles. The van der Waals surface area contributed by atoms with Gasteiger partial charge in [0.1, 0.15) is 13.2 Å². The minimum Gasteiger partial charge on any atom is -0.462 e. The molecule has 0 saturated heterocycles. The zero-order valence-corrected chi connectivity index (χ0v) is 41.8. The van der Waals surface area contributed by atoms with Crippen molar-refractivity contribution in [2.45, 2.75) is 310 Å². The van der Waals surface area contributed by atoms with Gasteiger partial charge in [-0.05, 0) is 31.1 Å². The number of hydrogen-bond donors (Lipinski definition) is 0. The van der Waals surface area contributed by atoms with Crippen LogP contribution >= 0.6 is 0 Å². The molecule has 0 aromatic rings. The van der Waals surface area contributed by atoms with Crippen molar-refractivity contribution in [3.63, 3.8) is 0 Å². The molecule has 61 heavy (non-hydrogen) atoms. The largest absolute Gasteiger partial charge is 0.462 e. The number of rotatable bonds is 49. The van der Waals surface area contributed by atoms with Crippen LogP contribution in [0.2, 0.25) is 0 Å². The van der Waals surface area contributed by atoms with Crippen LogP contribution in [-0.4, -0.2) is 37.2 Å². The number of carbonyl (C=O) groups excluding carboxylic acids is 3. The van der Waals surface area contributed by atoms with Gasteiger partial charge in [-0.3, -0.25) is 14.4 Å². The Morgan fingerprint density at radius 2 is 0.623 bits per heavy atom. The second-order valence-corrected chi connectivity index (χ2v) is 19.6. The molecule has 0 spiro atoms. The molecule has 1 unspecified atom stereocenters.